The minimum atomic E-state index is 0.761. The molecule has 11 aromatic rings. The summed E-state index contributed by atoms with van der Waals surface area (Å²) in [4.78, 5) is 15.3. The third-order valence-corrected chi connectivity index (χ3v) is 14.9. The van der Waals surface area contributed by atoms with Crippen molar-refractivity contribution >= 4 is 23.8 Å². The highest BCUT2D eigenvalue weighted by molar-refractivity contribution is 6.00. The van der Waals surface area contributed by atoms with Crippen molar-refractivity contribution in [3.05, 3.63) is 280 Å². The van der Waals surface area contributed by atoms with Crippen LogP contribution in [0.2, 0.25) is 0 Å². The first-order chi connectivity index (χ1) is 37.9. The van der Waals surface area contributed by atoms with Crippen LogP contribution in [0.5, 0.6) is 0 Å². The lowest BCUT2D eigenvalue weighted by Gasteiger charge is -2.21. The molecule has 0 atom stereocenters. The van der Waals surface area contributed by atoms with Gasteiger partial charge in [-0.2, -0.15) is 0 Å². The zero-order valence-electron chi connectivity index (χ0n) is 45.9. The van der Waals surface area contributed by atoms with E-state index in [4.69, 9.17) is 15.0 Å². The lowest BCUT2D eigenvalue weighted by molar-refractivity contribution is 1.26. The minimum Gasteiger partial charge on any atom is -0.254 e. The summed E-state index contributed by atoms with van der Waals surface area (Å²) in [6.07, 6.45) is 3.75. The quantitative estimate of drug-likeness (QED) is 0.112. The summed E-state index contributed by atoms with van der Waals surface area (Å²) >= 11 is 0. The van der Waals surface area contributed by atoms with Crippen LogP contribution in [0.4, 0.5) is 11.4 Å². The fourth-order valence-corrected chi connectivity index (χ4v) is 10.8. The van der Waals surface area contributed by atoms with E-state index in [0.717, 1.165) is 56.1 Å². The molecule has 0 spiro atoms. The van der Waals surface area contributed by atoms with Gasteiger partial charge in [0.2, 0.25) is 0 Å². The van der Waals surface area contributed by atoms with E-state index in [9.17, 15) is 0 Å². The molecule has 0 aliphatic heterocycles. The second-order valence-electron chi connectivity index (χ2n) is 21.0. The zero-order valence-corrected chi connectivity index (χ0v) is 45.9. The standard InChI is InChI=1S/C75H63N3/c1-48-22-30-58(31-23-48)68-42-62(56-16-11-9-12-17-56)43-69(59-32-24-49(2)25-33-59)72(68)64-38-52(5)74(53(6)39-64)76-46-66-20-15-21-67(78-66)47-77-75-54(7)40-65(41-55(75)8)73-70(60-34-26-50(3)27-35-60)44-63(57-18-13-10-14-19-57)45-71(73)61-36-28-51(4)29-37-61/h9-47H,1-8H3. The third kappa shape index (κ3) is 10.9. The molecule has 3 heteroatoms. The van der Waals surface area contributed by atoms with Gasteiger partial charge < -0.3 is 0 Å². The van der Waals surface area contributed by atoms with Gasteiger partial charge in [0, 0.05) is 0 Å². The molecule has 1 aromatic heterocycles. The normalized spacial score (nSPS) is 11.5. The first-order valence-corrected chi connectivity index (χ1v) is 27.0. The summed E-state index contributed by atoms with van der Waals surface area (Å²) in [5.41, 5.74) is 31.7. The number of hydrogen-bond donors (Lipinski definition) is 0. The molecule has 0 saturated carbocycles. The van der Waals surface area contributed by atoms with Gasteiger partial charge in [0.25, 0.3) is 0 Å². The summed E-state index contributed by atoms with van der Waals surface area (Å²) in [5, 5.41) is 0. The van der Waals surface area contributed by atoms with Crippen LogP contribution in [0.25, 0.3) is 89.0 Å². The minimum absolute atomic E-state index is 0.761. The van der Waals surface area contributed by atoms with Crippen LogP contribution in [0, 0.1) is 55.4 Å². The Labute approximate surface area is 461 Å². The molecule has 0 aliphatic carbocycles. The van der Waals surface area contributed by atoms with Crippen LogP contribution in [0.3, 0.4) is 0 Å². The molecule has 0 radical (unpaired) electrons. The van der Waals surface area contributed by atoms with Gasteiger partial charge in [-0.05, 0) is 227 Å². The van der Waals surface area contributed by atoms with E-state index >= 15 is 0 Å². The molecule has 0 aliphatic rings. The summed E-state index contributed by atoms with van der Waals surface area (Å²) in [6.45, 7) is 17.2. The highest BCUT2D eigenvalue weighted by Crippen LogP contribution is 2.47. The molecule has 0 fully saturated rings. The van der Waals surface area contributed by atoms with E-state index in [2.05, 4.69) is 262 Å². The largest absolute Gasteiger partial charge is 0.254 e. The summed E-state index contributed by atoms with van der Waals surface area (Å²) < 4.78 is 0. The second-order valence-corrected chi connectivity index (χ2v) is 21.0. The van der Waals surface area contributed by atoms with Crippen molar-refractivity contribution < 1.29 is 0 Å². The predicted molar refractivity (Wildman–Crippen MR) is 333 cm³/mol. The van der Waals surface area contributed by atoms with Gasteiger partial charge in [0.15, 0.2) is 0 Å². The van der Waals surface area contributed by atoms with E-state index in [0.29, 0.717) is 0 Å². The number of benzene rings is 10. The first-order valence-electron chi connectivity index (χ1n) is 27.0. The first kappa shape index (κ1) is 50.8. The van der Waals surface area contributed by atoms with Crippen molar-refractivity contribution in [3.63, 3.8) is 0 Å². The molecule has 0 N–H and O–H groups in total. The predicted octanol–water partition coefficient (Wildman–Crippen LogP) is 20.4. The van der Waals surface area contributed by atoms with Crippen LogP contribution in [-0.4, -0.2) is 17.4 Å². The summed E-state index contributed by atoms with van der Waals surface area (Å²) in [5.74, 6) is 0. The van der Waals surface area contributed by atoms with Gasteiger partial charge >= 0.3 is 0 Å². The van der Waals surface area contributed by atoms with Crippen molar-refractivity contribution in [1.82, 2.24) is 4.98 Å². The van der Waals surface area contributed by atoms with E-state index in [1.54, 1.807) is 0 Å². The molecule has 1 heterocycles. The van der Waals surface area contributed by atoms with E-state index in [-0.39, 0.29) is 0 Å². The van der Waals surface area contributed by atoms with Crippen molar-refractivity contribution in [3.8, 4) is 89.0 Å². The topological polar surface area (TPSA) is 37.6 Å². The van der Waals surface area contributed by atoms with Gasteiger partial charge in [-0.25, -0.2) is 4.98 Å². The van der Waals surface area contributed by atoms with E-state index in [1.807, 2.05) is 30.6 Å². The van der Waals surface area contributed by atoms with Gasteiger partial charge in [0.1, 0.15) is 0 Å². The number of rotatable bonds is 12. The van der Waals surface area contributed by atoms with Crippen LogP contribution >= 0.6 is 0 Å². The highest BCUT2D eigenvalue weighted by atomic mass is 14.8. The average Bonchev–Trinajstić information content (AvgIpc) is 3.58. The molecule has 3 nitrogen and oxygen atoms in total. The monoisotopic (exact) mass is 1010 g/mol. The second kappa shape index (κ2) is 22.1. The number of hydrogen-bond acceptors (Lipinski definition) is 3. The molecule has 10 aromatic carbocycles. The van der Waals surface area contributed by atoms with E-state index < -0.39 is 0 Å². The van der Waals surface area contributed by atoms with Gasteiger partial charge in [-0.1, -0.05) is 186 Å². The van der Waals surface area contributed by atoms with Gasteiger partial charge in [0.05, 0.1) is 35.2 Å². The Balaban J connectivity index is 0.926. The average molecular weight is 1010 g/mol. The summed E-state index contributed by atoms with van der Waals surface area (Å²) in [6, 6.07) is 81.7. The molecule has 0 amide bonds. The van der Waals surface area contributed by atoms with Crippen LogP contribution < -0.4 is 0 Å². The molecule has 378 valence electrons. The van der Waals surface area contributed by atoms with Crippen LogP contribution in [0.15, 0.2) is 234 Å². The Morgan fingerprint density at radius 2 is 0.538 bits per heavy atom. The molecule has 11 rings (SSSR count). The van der Waals surface area contributed by atoms with E-state index in [1.165, 1.54) is 100 Å². The molecular formula is C75H63N3. The zero-order chi connectivity index (χ0) is 53.9. The van der Waals surface area contributed by atoms with Crippen LogP contribution in [-0.2, 0) is 0 Å². The maximum atomic E-state index is 5.13. The smallest absolute Gasteiger partial charge is 0.0820 e. The Morgan fingerprint density at radius 3 is 0.821 bits per heavy atom. The number of aryl methyl sites for hydroxylation is 8. The molecule has 78 heavy (non-hydrogen) atoms. The third-order valence-electron chi connectivity index (χ3n) is 14.9. The fraction of sp³-hybridized carbons (Fsp3) is 0.107. The Morgan fingerprint density at radius 1 is 0.256 bits per heavy atom. The summed E-state index contributed by atoms with van der Waals surface area (Å²) in [7, 11) is 0. The van der Waals surface area contributed by atoms with Crippen molar-refractivity contribution in [2.45, 2.75) is 55.4 Å². The fourth-order valence-electron chi connectivity index (χ4n) is 10.8. The Hall–Kier alpha value is -9.31. The van der Waals surface area contributed by atoms with Crippen LogP contribution in [0.1, 0.15) is 55.9 Å². The lowest BCUT2D eigenvalue weighted by Crippen LogP contribution is -1.96. The maximum Gasteiger partial charge on any atom is 0.0820 e. The molecular weight excluding hydrogens is 943 g/mol. The van der Waals surface area contributed by atoms with Crippen molar-refractivity contribution in [1.29, 1.82) is 0 Å². The van der Waals surface area contributed by atoms with Gasteiger partial charge in [-0.3, -0.25) is 9.98 Å². The number of nitrogens with zero attached hydrogens (tertiary/aromatic N) is 3. The van der Waals surface area contributed by atoms with Crippen molar-refractivity contribution in [2.24, 2.45) is 9.98 Å². The molecule has 0 saturated heterocycles. The van der Waals surface area contributed by atoms with Crippen molar-refractivity contribution in [2.75, 3.05) is 0 Å². The Bertz CT molecular complexity index is 3590. The maximum absolute atomic E-state index is 5.13. The molecule has 0 bridgehead atoms. The number of aromatic nitrogens is 1. The SMILES string of the molecule is Cc1ccc(-c2cc(-c3ccccc3)cc(-c3ccc(C)cc3)c2-c2cc(C)c(N=Cc3cccc(C=Nc4c(C)cc(-c5c(-c6ccc(C)cc6)cc(-c6ccccc6)cc5-c5ccc(C)cc5)cc4C)n3)c(C)c2)cc1. The molecule has 0 unspecified atom stereocenters. The lowest BCUT2D eigenvalue weighted by atomic mass is 9.83. The highest BCUT2D eigenvalue weighted by Gasteiger charge is 2.21. The Kier molecular flexibility index (Phi) is 14.4. The van der Waals surface area contributed by atoms with Gasteiger partial charge in [-0.15, -0.1) is 0 Å². The number of aliphatic imine (C=N–C) groups is 2. The number of pyridine rings is 1.